The first-order chi connectivity index (χ1) is 9.77. The third-order valence-electron chi connectivity index (χ3n) is 2.34. The number of anilines is 1. The molecule has 21 heavy (non-hydrogen) atoms. The molecule has 1 rings (SSSR count). The van der Waals surface area contributed by atoms with Crippen molar-refractivity contribution >= 4 is 27.8 Å². The molecule has 0 spiro atoms. The Morgan fingerprint density at radius 2 is 2.00 bits per heavy atom. The molecule has 10 heteroatoms. The van der Waals surface area contributed by atoms with E-state index < -0.39 is 22.1 Å². The summed E-state index contributed by atoms with van der Waals surface area (Å²) < 4.78 is 35.3. The fourth-order valence-electron chi connectivity index (χ4n) is 1.46. The molecule has 0 aliphatic rings. The van der Waals surface area contributed by atoms with Crippen molar-refractivity contribution in [3.8, 4) is 0 Å². The Kier molecular flexibility index (Phi) is 5.50. The van der Waals surface area contributed by atoms with E-state index in [4.69, 9.17) is 11.5 Å². The maximum Gasteiger partial charge on any atom is 0.404 e. The number of carbonyl (C=O) groups is 2. The first-order valence-corrected chi connectivity index (χ1v) is 7.16. The average Bonchev–Trinajstić information content (AvgIpc) is 2.42. The van der Waals surface area contributed by atoms with E-state index in [-0.39, 0.29) is 29.3 Å². The van der Waals surface area contributed by atoms with Gasteiger partial charge in [-0.2, -0.15) is 0 Å². The van der Waals surface area contributed by atoms with Crippen molar-refractivity contribution in [2.75, 3.05) is 26.0 Å². The van der Waals surface area contributed by atoms with Crippen LogP contribution in [-0.2, 0) is 19.5 Å². The molecule has 0 saturated carbocycles. The Balaban J connectivity index is 2.97. The molecular weight excluding hydrogens is 302 g/mol. The van der Waals surface area contributed by atoms with Crippen molar-refractivity contribution in [1.29, 1.82) is 0 Å². The molecular formula is C11H15N3O6S. The monoisotopic (exact) mass is 317 g/mol. The predicted molar refractivity (Wildman–Crippen MR) is 72.9 cm³/mol. The van der Waals surface area contributed by atoms with Crippen LogP contribution in [0.25, 0.3) is 0 Å². The fraction of sp³-hybridized carbons (Fsp3) is 0.273. The van der Waals surface area contributed by atoms with Crippen LogP contribution < -0.4 is 16.2 Å². The van der Waals surface area contributed by atoms with E-state index in [2.05, 4.69) is 14.2 Å². The molecule has 5 N–H and O–H groups in total. The molecule has 1 amide bonds. The Labute approximate surface area is 121 Å². The molecule has 0 heterocycles. The molecule has 0 radical (unpaired) electrons. The van der Waals surface area contributed by atoms with Gasteiger partial charge in [0.15, 0.2) is 0 Å². The number of rotatable bonds is 6. The quantitative estimate of drug-likeness (QED) is 0.361. The maximum atomic E-state index is 12.1. The molecule has 1 aromatic rings. The molecule has 1 aromatic carbocycles. The minimum atomic E-state index is -4.00. The van der Waals surface area contributed by atoms with Crippen molar-refractivity contribution in [3.63, 3.8) is 0 Å². The molecule has 0 aliphatic heterocycles. The largest absolute Gasteiger partial charge is 0.465 e. The summed E-state index contributed by atoms with van der Waals surface area (Å²) in [5, 5.41) is 0. The molecule has 0 bridgehead atoms. The van der Waals surface area contributed by atoms with Gasteiger partial charge in [0.25, 0.3) is 0 Å². The van der Waals surface area contributed by atoms with Gasteiger partial charge in [0.05, 0.1) is 17.6 Å². The number of nitrogen functional groups attached to an aromatic ring is 1. The van der Waals surface area contributed by atoms with Gasteiger partial charge in [-0.3, -0.25) is 0 Å². The van der Waals surface area contributed by atoms with E-state index in [1.54, 1.807) is 0 Å². The van der Waals surface area contributed by atoms with Crippen LogP contribution in [0.15, 0.2) is 23.1 Å². The van der Waals surface area contributed by atoms with Crippen molar-refractivity contribution in [2.45, 2.75) is 4.90 Å². The number of hydrogen-bond donors (Lipinski definition) is 3. The summed E-state index contributed by atoms with van der Waals surface area (Å²) in [6.45, 7) is -0.437. The molecule has 0 unspecified atom stereocenters. The lowest BCUT2D eigenvalue weighted by molar-refractivity contribution is 0.0596. The van der Waals surface area contributed by atoms with E-state index in [1.807, 2.05) is 0 Å². The third kappa shape index (κ3) is 4.61. The van der Waals surface area contributed by atoms with Crippen molar-refractivity contribution < 1.29 is 27.5 Å². The highest BCUT2D eigenvalue weighted by atomic mass is 32.2. The predicted octanol–water partition coefficient (Wildman–Crippen LogP) is -0.571. The molecule has 9 nitrogen and oxygen atoms in total. The lowest BCUT2D eigenvalue weighted by atomic mass is 10.2. The number of amides is 1. The minimum Gasteiger partial charge on any atom is -0.465 e. The third-order valence-corrected chi connectivity index (χ3v) is 3.86. The first kappa shape index (κ1) is 16.7. The summed E-state index contributed by atoms with van der Waals surface area (Å²) in [5.74, 6) is -0.837. The van der Waals surface area contributed by atoms with Gasteiger partial charge in [-0.15, -0.1) is 0 Å². The van der Waals surface area contributed by atoms with Crippen LogP contribution in [0.3, 0.4) is 0 Å². The summed E-state index contributed by atoms with van der Waals surface area (Å²) in [6.07, 6.45) is -1.02. The van der Waals surface area contributed by atoms with Crippen molar-refractivity contribution in [2.24, 2.45) is 5.73 Å². The molecule has 0 aliphatic carbocycles. The van der Waals surface area contributed by atoms with Crippen LogP contribution >= 0.6 is 0 Å². The maximum absolute atomic E-state index is 12.1. The van der Waals surface area contributed by atoms with Gasteiger partial charge in [0, 0.05) is 12.2 Å². The lowest BCUT2D eigenvalue weighted by Gasteiger charge is -2.11. The number of ether oxygens (including phenoxy) is 2. The molecule has 0 saturated heterocycles. The Morgan fingerprint density at radius 3 is 2.57 bits per heavy atom. The number of hydrogen-bond acceptors (Lipinski definition) is 7. The van der Waals surface area contributed by atoms with E-state index in [0.717, 1.165) is 7.11 Å². The topological polar surface area (TPSA) is 151 Å². The zero-order valence-electron chi connectivity index (χ0n) is 11.2. The number of nitrogens with one attached hydrogen (secondary N) is 1. The second kappa shape index (κ2) is 6.90. The first-order valence-electron chi connectivity index (χ1n) is 5.67. The van der Waals surface area contributed by atoms with Gasteiger partial charge < -0.3 is 20.9 Å². The van der Waals surface area contributed by atoms with Crippen molar-refractivity contribution in [1.82, 2.24) is 4.72 Å². The van der Waals surface area contributed by atoms with Crippen LogP contribution in [0, 0.1) is 0 Å². The number of nitrogens with two attached hydrogens (primary N) is 2. The summed E-state index contributed by atoms with van der Waals surface area (Å²) in [5.41, 5.74) is 10.3. The van der Waals surface area contributed by atoms with E-state index in [9.17, 15) is 18.0 Å². The smallest absolute Gasteiger partial charge is 0.404 e. The highest BCUT2D eigenvalue weighted by molar-refractivity contribution is 7.89. The number of esters is 1. The highest BCUT2D eigenvalue weighted by Gasteiger charge is 2.23. The number of primary amides is 1. The Morgan fingerprint density at radius 1 is 1.33 bits per heavy atom. The fourth-order valence-corrected chi connectivity index (χ4v) is 2.64. The van der Waals surface area contributed by atoms with Gasteiger partial charge in [-0.05, 0) is 18.2 Å². The number of methoxy groups -OCH3 is 1. The lowest BCUT2D eigenvalue weighted by Crippen LogP contribution is -2.30. The van der Waals surface area contributed by atoms with Crippen LogP contribution in [0.5, 0.6) is 0 Å². The number of benzene rings is 1. The highest BCUT2D eigenvalue weighted by Crippen LogP contribution is 2.19. The van der Waals surface area contributed by atoms with Crippen molar-refractivity contribution in [3.05, 3.63) is 23.8 Å². The second-order valence-electron chi connectivity index (χ2n) is 3.81. The zero-order chi connectivity index (χ0) is 16.0. The van der Waals surface area contributed by atoms with E-state index in [1.165, 1.54) is 18.2 Å². The van der Waals surface area contributed by atoms with Crippen LogP contribution in [0.2, 0.25) is 0 Å². The van der Waals surface area contributed by atoms with Gasteiger partial charge in [-0.1, -0.05) is 0 Å². The van der Waals surface area contributed by atoms with Crippen LogP contribution in [0.1, 0.15) is 10.4 Å². The van der Waals surface area contributed by atoms with Gasteiger partial charge in [-0.25, -0.2) is 22.7 Å². The van der Waals surface area contributed by atoms with Gasteiger partial charge in [0.1, 0.15) is 6.61 Å². The average molecular weight is 317 g/mol. The van der Waals surface area contributed by atoms with Gasteiger partial charge in [0.2, 0.25) is 10.0 Å². The molecule has 0 atom stereocenters. The zero-order valence-corrected chi connectivity index (χ0v) is 12.0. The second-order valence-corrected chi connectivity index (χ2v) is 5.55. The normalized spacial score (nSPS) is 10.9. The molecule has 116 valence electrons. The summed E-state index contributed by atoms with van der Waals surface area (Å²) >= 11 is 0. The standard InChI is InChI=1S/C11H15N3O6S/c1-19-10(15)8-6-7(12)2-3-9(8)21(17,18)14-4-5-20-11(13)16/h2-3,6,14H,4-5,12H2,1H3,(H2,13,16). The molecule has 0 aromatic heterocycles. The van der Waals surface area contributed by atoms with Crippen LogP contribution in [0.4, 0.5) is 10.5 Å². The van der Waals surface area contributed by atoms with Gasteiger partial charge >= 0.3 is 12.1 Å². The van der Waals surface area contributed by atoms with E-state index >= 15 is 0 Å². The SMILES string of the molecule is COC(=O)c1cc(N)ccc1S(=O)(=O)NCCOC(N)=O. The number of carbonyl (C=O) groups excluding carboxylic acids is 2. The van der Waals surface area contributed by atoms with E-state index in [0.29, 0.717) is 0 Å². The summed E-state index contributed by atoms with van der Waals surface area (Å²) in [7, 11) is -2.88. The Hall–Kier alpha value is -2.33. The van der Waals surface area contributed by atoms with Crippen LogP contribution in [-0.4, -0.2) is 40.7 Å². The summed E-state index contributed by atoms with van der Waals surface area (Å²) in [4.78, 5) is 21.7. The number of sulfonamides is 1. The molecule has 0 fully saturated rings. The summed E-state index contributed by atoms with van der Waals surface area (Å²) in [6, 6.07) is 3.71. The minimum absolute atomic E-state index is 0.194. The Bertz CT molecular complexity index is 643.